The minimum Gasteiger partial charge on any atom is -0.329 e. The number of nitrogens with one attached hydrogen (secondary N) is 2. The van der Waals surface area contributed by atoms with Crippen molar-refractivity contribution >= 4 is 11.8 Å². The van der Waals surface area contributed by atoms with Crippen LogP contribution >= 0.6 is 0 Å². The van der Waals surface area contributed by atoms with Crippen molar-refractivity contribution < 1.29 is 4.79 Å². The molecule has 0 bridgehead atoms. The van der Waals surface area contributed by atoms with E-state index in [0.29, 0.717) is 5.92 Å². The molecule has 2 aromatic heterocycles. The largest absolute Gasteiger partial charge is 0.329 e. The molecule has 0 spiro atoms. The molecule has 0 aliphatic heterocycles. The van der Waals surface area contributed by atoms with Crippen LogP contribution in [0.1, 0.15) is 49.9 Å². The van der Waals surface area contributed by atoms with E-state index in [4.69, 9.17) is 0 Å². The molecule has 6 heteroatoms. The van der Waals surface area contributed by atoms with E-state index in [1.807, 2.05) is 23.7 Å². The van der Waals surface area contributed by atoms with Crippen LogP contribution in [-0.2, 0) is 6.54 Å². The Labute approximate surface area is 142 Å². The Morgan fingerprint density at radius 1 is 1.38 bits per heavy atom. The second-order valence-corrected chi connectivity index (χ2v) is 6.46. The molecule has 2 N–H and O–H groups in total. The molecule has 2 amide bonds. The van der Waals surface area contributed by atoms with Crippen molar-refractivity contribution in [2.75, 3.05) is 5.32 Å². The monoisotopic (exact) mass is 327 g/mol. The molecule has 1 atom stereocenters. The Morgan fingerprint density at radius 2 is 2.21 bits per heavy atom. The lowest BCUT2D eigenvalue weighted by molar-refractivity contribution is 0.246. The second-order valence-electron chi connectivity index (χ2n) is 6.46. The molecule has 6 nitrogen and oxygen atoms in total. The lowest BCUT2D eigenvalue weighted by atomic mass is 10.1. The first-order valence-electron chi connectivity index (χ1n) is 8.69. The highest BCUT2D eigenvalue weighted by atomic mass is 16.2. The average molecular weight is 327 g/mol. The summed E-state index contributed by atoms with van der Waals surface area (Å²) in [6.45, 7) is 4.99. The molecule has 1 aliphatic rings. The molecule has 24 heavy (non-hydrogen) atoms. The van der Waals surface area contributed by atoms with E-state index in [1.54, 1.807) is 12.4 Å². The van der Waals surface area contributed by atoms with Crippen LogP contribution in [0.2, 0.25) is 0 Å². The predicted octanol–water partition coefficient (Wildman–Crippen LogP) is 3.66. The van der Waals surface area contributed by atoms with Crippen molar-refractivity contribution in [1.29, 1.82) is 0 Å². The Hall–Kier alpha value is -2.37. The third-order valence-corrected chi connectivity index (χ3v) is 4.32. The van der Waals surface area contributed by atoms with Crippen LogP contribution in [-0.4, -0.2) is 20.8 Å². The molecule has 128 valence electrons. The molecule has 1 fully saturated rings. The second kappa shape index (κ2) is 7.47. The molecule has 2 heterocycles. The molecule has 2 aromatic rings. The minimum atomic E-state index is -0.201. The van der Waals surface area contributed by atoms with Crippen LogP contribution in [0, 0.1) is 12.8 Å². The van der Waals surface area contributed by atoms with E-state index in [9.17, 15) is 4.79 Å². The number of hydrogen-bond acceptors (Lipinski definition) is 3. The number of urea groups is 1. The normalized spacial score (nSPS) is 15.1. The summed E-state index contributed by atoms with van der Waals surface area (Å²) < 4.78 is 1.83. The number of anilines is 1. The molecule has 0 saturated heterocycles. The lowest BCUT2D eigenvalue weighted by Crippen LogP contribution is -2.34. The smallest absolute Gasteiger partial charge is 0.320 e. The van der Waals surface area contributed by atoms with Crippen LogP contribution in [0.4, 0.5) is 10.6 Å². The van der Waals surface area contributed by atoms with E-state index in [2.05, 4.69) is 33.7 Å². The third kappa shape index (κ3) is 4.13. The number of aryl methyl sites for hydroxylation is 2. The Bertz CT molecular complexity index is 692. The highest BCUT2D eigenvalue weighted by Crippen LogP contribution is 2.40. The van der Waals surface area contributed by atoms with E-state index >= 15 is 0 Å². The summed E-state index contributed by atoms with van der Waals surface area (Å²) >= 11 is 0. The Balaban J connectivity index is 1.65. The third-order valence-electron chi connectivity index (χ3n) is 4.32. The van der Waals surface area contributed by atoms with Crippen molar-refractivity contribution in [2.45, 2.75) is 52.1 Å². The number of carbonyl (C=O) groups is 1. The fourth-order valence-corrected chi connectivity index (χ4v) is 2.81. The number of nitrogens with zero attached hydrogens (tertiary/aromatic N) is 3. The summed E-state index contributed by atoms with van der Waals surface area (Å²) in [7, 11) is 0. The Morgan fingerprint density at radius 3 is 2.92 bits per heavy atom. The standard InChI is InChI=1S/C18H25N5O/c1-3-4-11-23-16(8-10-20-23)21-18(24)22-17(14-5-6-14)15-12-13(2)7-9-19-15/h7-10,12,14,17H,3-6,11H2,1-2H3,(H2,21,22,24)/t17-/m0/s1. The van der Waals surface area contributed by atoms with E-state index in [0.717, 1.165) is 49.3 Å². The van der Waals surface area contributed by atoms with Gasteiger partial charge in [-0.2, -0.15) is 5.10 Å². The summed E-state index contributed by atoms with van der Waals surface area (Å²) in [6, 6.07) is 5.62. The van der Waals surface area contributed by atoms with Crippen LogP contribution in [0.5, 0.6) is 0 Å². The van der Waals surface area contributed by atoms with Crippen molar-refractivity contribution in [3.05, 3.63) is 41.9 Å². The van der Waals surface area contributed by atoms with Gasteiger partial charge in [0.25, 0.3) is 0 Å². The zero-order chi connectivity index (χ0) is 16.9. The topological polar surface area (TPSA) is 71.8 Å². The van der Waals surface area contributed by atoms with Gasteiger partial charge in [-0.05, 0) is 49.8 Å². The molecular formula is C18H25N5O. The van der Waals surface area contributed by atoms with Gasteiger partial charge < -0.3 is 5.32 Å². The van der Waals surface area contributed by atoms with Gasteiger partial charge in [-0.1, -0.05) is 13.3 Å². The molecule has 1 saturated carbocycles. The van der Waals surface area contributed by atoms with Gasteiger partial charge in [0, 0.05) is 18.8 Å². The van der Waals surface area contributed by atoms with Crippen molar-refractivity contribution in [3.8, 4) is 0 Å². The van der Waals surface area contributed by atoms with Gasteiger partial charge in [-0.3, -0.25) is 10.3 Å². The molecule has 0 radical (unpaired) electrons. The summed E-state index contributed by atoms with van der Waals surface area (Å²) in [5, 5.41) is 10.3. The molecule has 1 aliphatic carbocycles. The van der Waals surface area contributed by atoms with Crippen molar-refractivity contribution in [1.82, 2.24) is 20.1 Å². The molecule has 3 rings (SSSR count). The van der Waals surface area contributed by atoms with Gasteiger partial charge in [0.05, 0.1) is 17.9 Å². The maximum atomic E-state index is 12.4. The molecular weight excluding hydrogens is 302 g/mol. The quantitative estimate of drug-likeness (QED) is 0.815. The number of rotatable bonds is 7. The van der Waals surface area contributed by atoms with Gasteiger partial charge >= 0.3 is 6.03 Å². The van der Waals surface area contributed by atoms with Crippen LogP contribution in [0.25, 0.3) is 0 Å². The van der Waals surface area contributed by atoms with E-state index < -0.39 is 0 Å². The van der Waals surface area contributed by atoms with E-state index in [1.165, 1.54) is 0 Å². The van der Waals surface area contributed by atoms with Crippen LogP contribution in [0.3, 0.4) is 0 Å². The number of amides is 2. The fraction of sp³-hybridized carbons (Fsp3) is 0.500. The number of hydrogen-bond donors (Lipinski definition) is 2. The van der Waals surface area contributed by atoms with Crippen molar-refractivity contribution in [2.24, 2.45) is 5.92 Å². The predicted molar refractivity (Wildman–Crippen MR) is 93.7 cm³/mol. The first-order chi connectivity index (χ1) is 11.7. The average Bonchev–Trinajstić information content (AvgIpc) is 3.31. The number of carbonyl (C=O) groups excluding carboxylic acids is 1. The fourth-order valence-electron chi connectivity index (χ4n) is 2.81. The van der Waals surface area contributed by atoms with Gasteiger partial charge in [-0.15, -0.1) is 0 Å². The highest BCUT2D eigenvalue weighted by molar-refractivity contribution is 5.88. The Kier molecular flexibility index (Phi) is 5.13. The van der Waals surface area contributed by atoms with Crippen molar-refractivity contribution in [3.63, 3.8) is 0 Å². The number of pyridine rings is 1. The minimum absolute atomic E-state index is 0.0306. The molecule has 0 aromatic carbocycles. The zero-order valence-electron chi connectivity index (χ0n) is 14.3. The maximum absolute atomic E-state index is 12.4. The summed E-state index contributed by atoms with van der Waals surface area (Å²) in [6.07, 6.45) is 7.92. The zero-order valence-corrected chi connectivity index (χ0v) is 14.3. The molecule has 0 unspecified atom stereocenters. The van der Waals surface area contributed by atoms with Gasteiger partial charge in [0.1, 0.15) is 5.82 Å². The maximum Gasteiger partial charge on any atom is 0.320 e. The first kappa shape index (κ1) is 16.5. The van der Waals surface area contributed by atoms with Crippen LogP contribution < -0.4 is 10.6 Å². The van der Waals surface area contributed by atoms with Gasteiger partial charge in [0.2, 0.25) is 0 Å². The summed E-state index contributed by atoms with van der Waals surface area (Å²) in [4.78, 5) is 16.9. The van der Waals surface area contributed by atoms with Crippen LogP contribution in [0.15, 0.2) is 30.6 Å². The number of aromatic nitrogens is 3. The van der Waals surface area contributed by atoms with Gasteiger partial charge in [-0.25, -0.2) is 9.48 Å². The highest BCUT2D eigenvalue weighted by Gasteiger charge is 2.34. The van der Waals surface area contributed by atoms with Gasteiger partial charge in [0.15, 0.2) is 0 Å². The lowest BCUT2D eigenvalue weighted by Gasteiger charge is -2.19. The first-order valence-corrected chi connectivity index (χ1v) is 8.69. The number of unbranched alkanes of at least 4 members (excludes halogenated alkanes) is 1. The SMILES string of the molecule is CCCCn1nccc1NC(=O)N[C@H](c1cc(C)ccn1)C1CC1. The summed E-state index contributed by atoms with van der Waals surface area (Å²) in [5.74, 6) is 1.21. The van der Waals surface area contributed by atoms with E-state index in [-0.39, 0.29) is 12.1 Å². The summed E-state index contributed by atoms with van der Waals surface area (Å²) in [5.41, 5.74) is 2.10.